The molecule has 1 saturated heterocycles. The molecule has 2 aromatic heterocycles. The molecule has 4 nitrogen and oxygen atoms in total. The third-order valence-electron chi connectivity index (χ3n) is 4.60. The Labute approximate surface area is 143 Å². The van der Waals surface area contributed by atoms with Gasteiger partial charge in [0.25, 0.3) is 0 Å². The summed E-state index contributed by atoms with van der Waals surface area (Å²) in [6.45, 7) is 1.50. The molecule has 24 heavy (non-hydrogen) atoms. The van der Waals surface area contributed by atoms with Crippen molar-refractivity contribution in [2.75, 3.05) is 13.1 Å². The van der Waals surface area contributed by atoms with Crippen LogP contribution in [0.3, 0.4) is 0 Å². The van der Waals surface area contributed by atoms with Gasteiger partial charge in [-0.25, -0.2) is 9.37 Å². The molecule has 3 heterocycles. The van der Waals surface area contributed by atoms with E-state index in [4.69, 9.17) is 0 Å². The molecule has 1 N–H and O–H groups in total. The highest BCUT2D eigenvalue weighted by Crippen LogP contribution is 2.28. The molecule has 0 aliphatic carbocycles. The fourth-order valence-electron chi connectivity index (χ4n) is 3.27. The van der Waals surface area contributed by atoms with Crippen molar-refractivity contribution in [1.82, 2.24) is 14.9 Å². The molecule has 124 valence electrons. The highest BCUT2D eigenvalue weighted by molar-refractivity contribution is 7.10. The molecule has 1 aliphatic rings. The van der Waals surface area contributed by atoms with Crippen molar-refractivity contribution in [1.29, 1.82) is 0 Å². The molecule has 3 aromatic rings. The van der Waals surface area contributed by atoms with Crippen LogP contribution in [0.1, 0.15) is 29.5 Å². The van der Waals surface area contributed by atoms with Crippen LogP contribution in [0.2, 0.25) is 0 Å². The second-order valence-electron chi connectivity index (χ2n) is 6.19. The Kier molecular flexibility index (Phi) is 4.06. The number of nitrogens with one attached hydrogen (secondary N) is 1. The van der Waals surface area contributed by atoms with Gasteiger partial charge in [-0.1, -0.05) is 6.07 Å². The van der Waals surface area contributed by atoms with E-state index in [9.17, 15) is 9.18 Å². The lowest BCUT2D eigenvalue weighted by molar-refractivity contribution is -0.131. The number of thiophene rings is 1. The average Bonchev–Trinajstić information content (AvgIpc) is 3.24. The molecule has 1 aliphatic heterocycles. The van der Waals surface area contributed by atoms with Gasteiger partial charge in [-0.05, 0) is 42.5 Å². The van der Waals surface area contributed by atoms with Gasteiger partial charge in [0, 0.05) is 23.9 Å². The molecular weight excluding hydrogens is 325 g/mol. The van der Waals surface area contributed by atoms with E-state index in [0.717, 1.165) is 47.7 Å². The topological polar surface area (TPSA) is 49.0 Å². The maximum Gasteiger partial charge on any atom is 0.227 e. The molecule has 0 spiro atoms. The fraction of sp³-hybridized carbons (Fsp3) is 0.333. The van der Waals surface area contributed by atoms with Crippen molar-refractivity contribution >= 4 is 28.3 Å². The quantitative estimate of drug-likeness (QED) is 0.788. The predicted octanol–water partition coefficient (Wildman–Crippen LogP) is 3.71. The largest absolute Gasteiger partial charge is 0.342 e. The number of rotatable bonds is 3. The number of piperidine rings is 1. The Morgan fingerprint density at radius 1 is 1.33 bits per heavy atom. The van der Waals surface area contributed by atoms with Crippen LogP contribution in [0.4, 0.5) is 4.39 Å². The van der Waals surface area contributed by atoms with Crippen molar-refractivity contribution in [3.05, 3.63) is 52.2 Å². The van der Waals surface area contributed by atoms with Crippen LogP contribution in [-0.4, -0.2) is 33.9 Å². The van der Waals surface area contributed by atoms with E-state index in [1.165, 1.54) is 12.1 Å². The van der Waals surface area contributed by atoms with E-state index in [-0.39, 0.29) is 11.7 Å². The molecule has 0 atom stereocenters. The number of carbonyl (C=O) groups is 1. The molecule has 1 fully saturated rings. The van der Waals surface area contributed by atoms with Crippen LogP contribution in [-0.2, 0) is 11.2 Å². The van der Waals surface area contributed by atoms with E-state index >= 15 is 0 Å². The average molecular weight is 343 g/mol. The first-order valence-electron chi connectivity index (χ1n) is 8.14. The molecule has 0 radical (unpaired) electrons. The molecule has 6 heteroatoms. The number of carbonyl (C=O) groups excluding carboxylic acids is 1. The van der Waals surface area contributed by atoms with Gasteiger partial charge < -0.3 is 9.88 Å². The lowest BCUT2D eigenvalue weighted by Crippen LogP contribution is -2.38. The number of halogens is 1. The van der Waals surface area contributed by atoms with Gasteiger partial charge in [-0.3, -0.25) is 4.79 Å². The van der Waals surface area contributed by atoms with Crippen LogP contribution in [0.15, 0.2) is 35.7 Å². The van der Waals surface area contributed by atoms with Crippen LogP contribution in [0.25, 0.3) is 11.0 Å². The molecule has 4 rings (SSSR count). The minimum absolute atomic E-state index is 0.197. The number of likely N-dealkylation sites (tertiary alicyclic amines) is 1. The summed E-state index contributed by atoms with van der Waals surface area (Å²) < 4.78 is 13.3. The predicted molar refractivity (Wildman–Crippen MR) is 92.6 cm³/mol. The number of aromatic nitrogens is 2. The van der Waals surface area contributed by atoms with Gasteiger partial charge in [0.2, 0.25) is 5.91 Å². The summed E-state index contributed by atoms with van der Waals surface area (Å²) >= 11 is 1.62. The maximum atomic E-state index is 13.3. The second-order valence-corrected chi connectivity index (χ2v) is 7.23. The van der Waals surface area contributed by atoms with Crippen molar-refractivity contribution in [3.63, 3.8) is 0 Å². The molecule has 0 saturated carbocycles. The zero-order valence-electron chi connectivity index (χ0n) is 13.2. The Balaban J connectivity index is 1.40. The monoisotopic (exact) mass is 343 g/mol. The summed E-state index contributed by atoms with van der Waals surface area (Å²) in [5.41, 5.74) is 1.53. The van der Waals surface area contributed by atoms with Gasteiger partial charge in [-0.15, -0.1) is 11.3 Å². The standard InChI is InChI=1S/C18H18FN3OS/c19-13-3-4-15-16(10-13)21-18(20-15)12-5-7-22(8-6-12)17(23)11-14-2-1-9-24-14/h1-4,9-10,12H,5-8,11H2,(H,20,21). The third kappa shape index (κ3) is 3.06. The number of amides is 1. The first kappa shape index (κ1) is 15.3. The van der Waals surface area contributed by atoms with Crippen molar-refractivity contribution < 1.29 is 9.18 Å². The number of hydrogen-bond acceptors (Lipinski definition) is 3. The van der Waals surface area contributed by atoms with E-state index in [0.29, 0.717) is 12.3 Å². The van der Waals surface area contributed by atoms with Gasteiger partial charge in [0.1, 0.15) is 11.6 Å². The summed E-state index contributed by atoms with van der Waals surface area (Å²) in [6, 6.07) is 8.58. The first-order valence-corrected chi connectivity index (χ1v) is 9.02. The Morgan fingerprint density at radius 3 is 2.92 bits per heavy atom. The van der Waals surface area contributed by atoms with Gasteiger partial charge >= 0.3 is 0 Å². The van der Waals surface area contributed by atoms with Crippen molar-refractivity contribution in [2.24, 2.45) is 0 Å². The normalized spacial score (nSPS) is 16.0. The minimum Gasteiger partial charge on any atom is -0.342 e. The Bertz CT molecular complexity index is 850. The molecule has 0 unspecified atom stereocenters. The molecule has 1 aromatic carbocycles. The van der Waals surface area contributed by atoms with Crippen LogP contribution >= 0.6 is 11.3 Å². The number of H-pyrrole nitrogens is 1. The summed E-state index contributed by atoms with van der Waals surface area (Å²) in [7, 11) is 0. The molecule has 1 amide bonds. The summed E-state index contributed by atoms with van der Waals surface area (Å²) in [4.78, 5) is 23.2. The van der Waals surface area contributed by atoms with E-state index in [2.05, 4.69) is 9.97 Å². The maximum absolute atomic E-state index is 13.3. The minimum atomic E-state index is -0.258. The smallest absolute Gasteiger partial charge is 0.227 e. The van der Waals surface area contributed by atoms with Gasteiger partial charge in [0.05, 0.1) is 17.5 Å². The summed E-state index contributed by atoms with van der Waals surface area (Å²) in [6.07, 6.45) is 2.27. The van der Waals surface area contributed by atoms with Crippen LogP contribution in [0, 0.1) is 5.82 Å². The van der Waals surface area contributed by atoms with Crippen molar-refractivity contribution in [3.8, 4) is 0 Å². The lowest BCUT2D eigenvalue weighted by atomic mass is 9.96. The Hall–Kier alpha value is -2.21. The Morgan fingerprint density at radius 2 is 2.17 bits per heavy atom. The zero-order valence-corrected chi connectivity index (χ0v) is 14.0. The second kappa shape index (κ2) is 6.36. The summed E-state index contributed by atoms with van der Waals surface area (Å²) in [5, 5.41) is 2.00. The number of aromatic amines is 1. The fourth-order valence-corrected chi connectivity index (χ4v) is 3.97. The number of hydrogen-bond donors (Lipinski definition) is 1. The van der Waals surface area contributed by atoms with E-state index in [1.54, 1.807) is 17.4 Å². The van der Waals surface area contributed by atoms with E-state index < -0.39 is 0 Å². The molecule has 0 bridgehead atoms. The first-order chi connectivity index (χ1) is 11.7. The summed E-state index contributed by atoms with van der Waals surface area (Å²) in [5.74, 6) is 1.14. The van der Waals surface area contributed by atoms with Crippen LogP contribution in [0.5, 0.6) is 0 Å². The van der Waals surface area contributed by atoms with Gasteiger partial charge in [-0.2, -0.15) is 0 Å². The number of fused-ring (bicyclic) bond motifs is 1. The van der Waals surface area contributed by atoms with Crippen molar-refractivity contribution in [2.45, 2.75) is 25.2 Å². The third-order valence-corrected chi connectivity index (χ3v) is 5.48. The van der Waals surface area contributed by atoms with E-state index in [1.807, 2.05) is 22.4 Å². The number of nitrogens with zero attached hydrogens (tertiary/aromatic N) is 2. The SMILES string of the molecule is O=C(Cc1cccs1)N1CCC(c2nc3ccc(F)cc3[nH]2)CC1. The highest BCUT2D eigenvalue weighted by Gasteiger charge is 2.25. The number of benzene rings is 1. The van der Waals surface area contributed by atoms with Crippen LogP contribution < -0.4 is 0 Å². The lowest BCUT2D eigenvalue weighted by Gasteiger charge is -2.31. The zero-order chi connectivity index (χ0) is 16.5. The van der Waals surface area contributed by atoms with Gasteiger partial charge in [0.15, 0.2) is 0 Å². The molecular formula is C18H18FN3OS. The highest BCUT2D eigenvalue weighted by atomic mass is 32.1. The number of imidazole rings is 1.